The van der Waals surface area contributed by atoms with Gasteiger partial charge in [0.1, 0.15) is 17.0 Å². The number of anilines is 4. The van der Waals surface area contributed by atoms with Gasteiger partial charge in [0.2, 0.25) is 23.7 Å². The first kappa shape index (κ1) is 54.8. The summed E-state index contributed by atoms with van der Waals surface area (Å²) in [6, 6.07) is 17.2. The van der Waals surface area contributed by atoms with Gasteiger partial charge in [0.05, 0.1) is 76.2 Å². The average molecular weight is 1050 g/mol. The van der Waals surface area contributed by atoms with Crippen LogP contribution in [0, 0.1) is 0 Å². The largest absolute Gasteiger partial charge is 0.384 e. The fourth-order valence-corrected chi connectivity index (χ4v) is 9.07. The molecule has 1 unspecified atom stereocenters. The number of piperidine rings is 1. The number of aromatic nitrogens is 5. The zero-order valence-electron chi connectivity index (χ0n) is 43.0. The summed E-state index contributed by atoms with van der Waals surface area (Å²) in [4.78, 5) is 95.5. The van der Waals surface area contributed by atoms with Crippen molar-refractivity contribution in [2.24, 2.45) is 0 Å². The Morgan fingerprint density at radius 3 is 2.24 bits per heavy atom. The van der Waals surface area contributed by atoms with E-state index >= 15 is 0 Å². The number of pyridine rings is 1. The number of nitrogens with zero attached hydrogens (tertiary/aromatic N) is 8. The highest BCUT2D eigenvalue weighted by Gasteiger charge is 2.45. The van der Waals surface area contributed by atoms with E-state index in [4.69, 9.17) is 23.9 Å². The maximum Gasteiger partial charge on any atom is 0.278 e. The van der Waals surface area contributed by atoms with Gasteiger partial charge in [-0.3, -0.25) is 43.9 Å². The molecule has 0 radical (unpaired) electrons. The summed E-state index contributed by atoms with van der Waals surface area (Å²) in [5, 5.41) is 22.5. The SMILES string of the molecule is C=CCn1c(=O)c2cnc(Nc3ccc(N4CCN(CCCNC(=O)CCOCCOCCOCCOCCNc5cccc6c5C(=O)N(C5CCC(=O)NC5=O)C6=O)CC4)cc3)nc2n1-c1cccc(C(C)(C)O)n1. The van der Waals surface area contributed by atoms with Crippen LogP contribution in [0.15, 0.2) is 84.3 Å². The summed E-state index contributed by atoms with van der Waals surface area (Å²) in [6.45, 7) is 15.6. The van der Waals surface area contributed by atoms with Crippen LogP contribution in [0.2, 0.25) is 0 Å². The van der Waals surface area contributed by atoms with E-state index in [-0.39, 0.29) is 48.4 Å². The minimum Gasteiger partial charge on any atom is -0.384 e. The molecule has 5 amide bonds. The summed E-state index contributed by atoms with van der Waals surface area (Å²) in [7, 11) is 0. The maximum atomic E-state index is 13.4. The molecule has 6 heterocycles. The summed E-state index contributed by atoms with van der Waals surface area (Å²) in [5.74, 6) is -1.52. The molecule has 1 atom stereocenters. The second-order valence-electron chi connectivity index (χ2n) is 18.9. The second-order valence-corrected chi connectivity index (χ2v) is 18.9. The number of hydrogen-bond donors (Lipinski definition) is 5. The van der Waals surface area contributed by atoms with Crippen molar-refractivity contribution in [2.45, 2.75) is 57.7 Å². The lowest BCUT2D eigenvalue weighted by Gasteiger charge is -2.36. The highest BCUT2D eigenvalue weighted by molar-refractivity contribution is 6.25. The van der Waals surface area contributed by atoms with Crippen molar-refractivity contribution in [3.05, 3.63) is 107 Å². The van der Waals surface area contributed by atoms with Crippen LogP contribution in [0.1, 0.15) is 65.9 Å². The Bertz CT molecular complexity index is 2930. The number of ether oxygens (including phenoxy) is 4. The lowest BCUT2D eigenvalue weighted by atomic mass is 10.0. The van der Waals surface area contributed by atoms with Gasteiger partial charge in [0.25, 0.3) is 17.4 Å². The first-order valence-corrected chi connectivity index (χ1v) is 25.6. The number of piperazine rings is 1. The number of allylic oxidation sites excluding steroid dienone is 1. The minimum atomic E-state index is -1.18. The zero-order chi connectivity index (χ0) is 53.6. The zero-order valence-corrected chi connectivity index (χ0v) is 43.0. The number of nitrogens with one attached hydrogen (secondary N) is 4. The number of carbonyl (C=O) groups is 5. The Balaban J connectivity index is 0.630. The molecule has 23 nitrogen and oxygen atoms in total. The summed E-state index contributed by atoms with van der Waals surface area (Å²) < 4.78 is 25.4. The molecule has 0 bridgehead atoms. The van der Waals surface area contributed by atoms with E-state index in [1.807, 2.05) is 12.1 Å². The van der Waals surface area contributed by atoms with Crippen LogP contribution in [-0.2, 0) is 45.5 Å². The molecule has 3 aliphatic rings. The van der Waals surface area contributed by atoms with E-state index in [1.54, 1.807) is 61.0 Å². The lowest BCUT2D eigenvalue weighted by molar-refractivity contribution is -0.136. The van der Waals surface area contributed by atoms with Gasteiger partial charge in [0.15, 0.2) is 11.5 Å². The van der Waals surface area contributed by atoms with Gasteiger partial charge in [-0.2, -0.15) is 4.98 Å². The number of benzene rings is 2. The highest BCUT2D eigenvalue weighted by Crippen LogP contribution is 2.32. The molecule has 0 aliphatic carbocycles. The molecule has 76 heavy (non-hydrogen) atoms. The van der Waals surface area contributed by atoms with Crippen LogP contribution in [0.25, 0.3) is 16.9 Å². The number of hydrogen-bond acceptors (Lipinski definition) is 18. The normalized spacial score (nSPS) is 16.1. The molecule has 0 saturated carbocycles. The van der Waals surface area contributed by atoms with Crippen LogP contribution < -0.4 is 31.7 Å². The molecule has 0 spiro atoms. The van der Waals surface area contributed by atoms with E-state index in [0.717, 1.165) is 55.4 Å². The molecule has 3 aromatic heterocycles. The maximum absolute atomic E-state index is 13.4. The first-order chi connectivity index (χ1) is 36.8. The Hall–Kier alpha value is -7.41. The van der Waals surface area contributed by atoms with Crippen molar-refractivity contribution in [3.63, 3.8) is 0 Å². The molecular weight excluding hydrogens is 981 g/mol. The molecular formula is C53H66N12O11. The fourth-order valence-electron chi connectivity index (χ4n) is 9.07. The Morgan fingerprint density at radius 2 is 1.54 bits per heavy atom. The molecule has 2 fully saturated rings. The van der Waals surface area contributed by atoms with E-state index < -0.39 is 35.3 Å². The Kier molecular flexibility index (Phi) is 18.7. The van der Waals surface area contributed by atoms with Crippen LogP contribution in [0.5, 0.6) is 0 Å². The van der Waals surface area contributed by atoms with E-state index in [9.17, 15) is 33.9 Å². The van der Waals surface area contributed by atoms with Crippen molar-refractivity contribution in [1.82, 2.24) is 44.7 Å². The van der Waals surface area contributed by atoms with Crippen LogP contribution in [0.3, 0.4) is 0 Å². The van der Waals surface area contributed by atoms with Gasteiger partial charge >= 0.3 is 0 Å². The Labute approximate surface area is 439 Å². The van der Waals surface area contributed by atoms with E-state index in [0.29, 0.717) is 100 Å². The van der Waals surface area contributed by atoms with Gasteiger partial charge in [-0.1, -0.05) is 18.2 Å². The number of aliphatic hydroxyl groups is 1. The number of fused-ring (bicyclic) bond motifs is 2. The summed E-state index contributed by atoms with van der Waals surface area (Å²) >= 11 is 0. The summed E-state index contributed by atoms with van der Waals surface area (Å²) in [5.41, 5.74) is 2.12. The number of rotatable bonds is 28. The van der Waals surface area contributed by atoms with Gasteiger partial charge in [-0.15, -0.1) is 6.58 Å². The predicted molar refractivity (Wildman–Crippen MR) is 282 cm³/mol. The van der Waals surface area contributed by atoms with Crippen molar-refractivity contribution in [3.8, 4) is 5.82 Å². The second kappa shape index (κ2) is 25.9. The molecule has 3 aliphatic heterocycles. The monoisotopic (exact) mass is 1050 g/mol. The number of carbonyl (C=O) groups excluding carboxylic acids is 5. The molecule has 2 aromatic carbocycles. The van der Waals surface area contributed by atoms with Gasteiger partial charge < -0.3 is 44.9 Å². The van der Waals surface area contributed by atoms with E-state index in [2.05, 4.69) is 59.7 Å². The molecule has 5 aromatic rings. The van der Waals surface area contributed by atoms with Crippen molar-refractivity contribution < 1.29 is 48.0 Å². The lowest BCUT2D eigenvalue weighted by Crippen LogP contribution is -2.54. The first-order valence-electron chi connectivity index (χ1n) is 25.6. The standard InChI is InChI=1S/C53H66N12O11/c1-4-21-63-49(69)39-35-56-52(60-47(39)65(63)43-11-6-10-42(58-43)53(2,3)72)57-36-12-14-37(15-13-36)62-25-23-61(24-26-62)22-7-19-55-44(66)18-27-73-29-31-75-33-34-76-32-30-74-28-20-54-40-9-5-8-38-46(40)51(71)64(50(38)70)41-16-17-45(67)59-48(41)68/h4-6,8-15,35,41,54,72H,1,7,16-34H2,2-3H3,(H,55,66)(H,56,57,60)(H,59,67,68). The van der Waals surface area contributed by atoms with Gasteiger partial charge in [-0.05, 0) is 81.8 Å². The van der Waals surface area contributed by atoms with E-state index in [1.165, 1.54) is 10.9 Å². The van der Waals surface area contributed by atoms with Gasteiger partial charge in [-0.25, -0.2) is 19.3 Å². The third kappa shape index (κ3) is 13.7. The molecule has 8 rings (SSSR count). The molecule has 404 valence electrons. The van der Waals surface area contributed by atoms with Gasteiger partial charge in [0, 0.05) is 75.4 Å². The van der Waals surface area contributed by atoms with Crippen LogP contribution in [0.4, 0.5) is 23.0 Å². The summed E-state index contributed by atoms with van der Waals surface area (Å²) in [6.07, 6.45) is 4.39. The van der Waals surface area contributed by atoms with Crippen LogP contribution in [-0.4, -0.2) is 173 Å². The van der Waals surface area contributed by atoms with Crippen molar-refractivity contribution >= 4 is 63.6 Å². The highest BCUT2D eigenvalue weighted by atomic mass is 16.6. The molecule has 23 heteroatoms. The molecule has 2 saturated heterocycles. The predicted octanol–water partition coefficient (Wildman–Crippen LogP) is 2.73. The molecule has 5 N–H and O–H groups in total. The average Bonchev–Trinajstić information content (AvgIpc) is 3.90. The smallest absolute Gasteiger partial charge is 0.278 e. The third-order valence-electron chi connectivity index (χ3n) is 13.0. The van der Waals surface area contributed by atoms with Crippen molar-refractivity contribution in [1.29, 1.82) is 0 Å². The number of amides is 5. The quantitative estimate of drug-likeness (QED) is 0.0274. The Morgan fingerprint density at radius 1 is 0.842 bits per heavy atom. The number of imide groups is 2. The minimum absolute atomic E-state index is 0.0513. The van der Waals surface area contributed by atoms with Crippen LogP contribution >= 0.6 is 0 Å². The van der Waals surface area contributed by atoms with Crippen molar-refractivity contribution in [2.75, 3.05) is 114 Å². The third-order valence-corrected chi connectivity index (χ3v) is 13.0. The topological polar surface area (TPSA) is 266 Å². The fraction of sp³-hybridized carbons (Fsp3) is 0.453.